The van der Waals surface area contributed by atoms with Gasteiger partial charge in [0.15, 0.2) is 0 Å². The van der Waals surface area contributed by atoms with Gasteiger partial charge in [-0.15, -0.1) is 0 Å². The fraction of sp³-hybridized carbons (Fsp3) is 0. The summed E-state index contributed by atoms with van der Waals surface area (Å²) in [6.07, 6.45) is 0. The minimum atomic E-state index is -4.74. The Morgan fingerprint density at radius 3 is 2.05 bits per heavy atom. The molecule has 0 radical (unpaired) electrons. The molecule has 102 valence electrons. The van der Waals surface area contributed by atoms with Crippen molar-refractivity contribution in [1.82, 2.24) is 0 Å². The van der Waals surface area contributed by atoms with Crippen LogP contribution in [0.15, 0.2) is 40.1 Å². The molecule has 0 aliphatic carbocycles. The van der Waals surface area contributed by atoms with E-state index in [2.05, 4.69) is 0 Å². The summed E-state index contributed by atoms with van der Waals surface area (Å²) in [4.78, 5) is -1.50. The maximum absolute atomic E-state index is 11.3. The van der Waals surface area contributed by atoms with Crippen LogP contribution in [0.2, 0.25) is 0 Å². The van der Waals surface area contributed by atoms with Crippen LogP contribution in [-0.2, 0) is 20.2 Å². The van der Waals surface area contributed by atoms with E-state index in [0.29, 0.717) is 0 Å². The van der Waals surface area contributed by atoms with E-state index in [4.69, 9.17) is 10.3 Å². The van der Waals surface area contributed by atoms with E-state index in [9.17, 15) is 21.4 Å². The highest BCUT2D eigenvalue weighted by Crippen LogP contribution is 2.34. The maximum Gasteiger partial charge on any atom is 0.297 e. The van der Waals surface area contributed by atoms with Gasteiger partial charge in [-0.3, -0.25) is 9.11 Å². The van der Waals surface area contributed by atoms with Gasteiger partial charge in [-0.1, -0.05) is 24.3 Å². The zero-order chi connectivity index (χ0) is 14.4. The molecule has 0 atom stereocenters. The molecule has 0 bridgehead atoms. The molecule has 0 saturated carbocycles. The third-order valence-electron chi connectivity index (χ3n) is 2.54. The maximum atomic E-state index is 11.3. The molecule has 0 unspecified atom stereocenters. The van der Waals surface area contributed by atoms with Crippen LogP contribution >= 0.6 is 0 Å². The molecule has 19 heavy (non-hydrogen) atoms. The highest BCUT2D eigenvalue weighted by molar-refractivity contribution is 7.87. The van der Waals surface area contributed by atoms with Crippen LogP contribution in [0.1, 0.15) is 0 Å². The fourth-order valence-corrected chi connectivity index (χ4v) is 3.37. The van der Waals surface area contributed by atoms with Crippen LogP contribution in [0, 0.1) is 0 Å². The topological polar surface area (TPSA) is 135 Å². The van der Waals surface area contributed by atoms with Crippen molar-refractivity contribution < 1.29 is 25.9 Å². The molecule has 7 nitrogen and oxygen atoms in total. The first-order valence-corrected chi connectivity index (χ1v) is 7.76. The second kappa shape index (κ2) is 4.17. The van der Waals surface area contributed by atoms with Crippen LogP contribution in [0.25, 0.3) is 10.8 Å². The molecule has 0 spiro atoms. The first kappa shape index (κ1) is 13.7. The van der Waals surface area contributed by atoms with Crippen molar-refractivity contribution in [2.75, 3.05) is 5.73 Å². The summed E-state index contributed by atoms with van der Waals surface area (Å²) >= 11 is 0. The van der Waals surface area contributed by atoms with Gasteiger partial charge >= 0.3 is 0 Å². The van der Waals surface area contributed by atoms with Gasteiger partial charge in [0.25, 0.3) is 20.2 Å². The van der Waals surface area contributed by atoms with Crippen molar-refractivity contribution in [3.8, 4) is 0 Å². The van der Waals surface area contributed by atoms with E-state index >= 15 is 0 Å². The first-order chi connectivity index (χ1) is 8.62. The van der Waals surface area contributed by atoms with Crippen LogP contribution < -0.4 is 5.73 Å². The van der Waals surface area contributed by atoms with Gasteiger partial charge in [0.1, 0.15) is 9.79 Å². The summed E-state index contributed by atoms with van der Waals surface area (Å²) < 4.78 is 63.3. The molecule has 0 amide bonds. The Morgan fingerprint density at radius 2 is 1.53 bits per heavy atom. The Labute approximate surface area is 109 Å². The van der Waals surface area contributed by atoms with Crippen molar-refractivity contribution in [3.63, 3.8) is 0 Å². The summed E-state index contributed by atoms with van der Waals surface area (Å²) in [6.45, 7) is 0. The molecule has 4 N–H and O–H groups in total. The average Bonchev–Trinajstić information content (AvgIpc) is 2.24. The summed E-state index contributed by atoms with van der Waals surface area (Å²) in [5.41, 5.74) is 4.72. The first-order valence-electron chi connectivity index (χ1n) is 4.88. The average molecular weight is 303 g/mol. The van der Waals surface area contributed by atoms with Crippen LogP contribution in [0.4, 0.5) is 5.69 Å². The third-order valence-corrected chi connectivity index (χ3v) is 4.39. The zero-order valence-electron chi connectivity index (χ0n) is 9.31. The predicted octanol–water partition coefficient (Wildman–Crippen LogP) is 0.915. The predicted molar refractivity (Wildman–Crippen MR) is 68.0 cm³/mol. The number of rotatable bonds is 2. The monoisotopic (exact) mass is 303 g/mol. The molecule has 2 aromatic rings. The van der Waals surface area contributed by atoms with Crippen molar-refractivity contribution in [3.05, 3.63) is 30.3 Å². The van der Waals surface area contributed by atoms with Gasteiger partial charge in [0, 0.05) is 5.39 Å². The summed E-state index contributed by atoms with van der Waals surface area (Å²) in [6, 6.07) is 6.87. The van der Waals surface area contributed by atoms with Crippen LogP contribution in [0.5, 0.6) is 0 Å². The van der Waals surface area contributed by atoms with Crippen molar-refractivity contribution in [1.29, 1.82) is 0 Å². The van der Waals surface area contributed by atoms with Gasteiger partial charge in [0.2, 0.25) is 0 Å². The quantitative estimate of drug-likeness (QED) is 0.554. The van der Waals surface area contributed by atoms with E-state index < -0.39 is 35.7 Å². The molecule has 0 aliphatic rings. The number of fused-ring (bicyclic) bond motifs is 1. The van der Waals surface area contributed by atoms with E-state index in [0.717, 1.165) is 6.07 Å². The molecule has 2 rings (SSSR count). The van der Waals surface area contributed by atoms with Crippen molar-refractivity contribution in [2.24, 2.45) is 0 Å². The van der Waals surface area contributed by atoms with E-state index in [1.165, 1.54) is 18.2 Å². The summed E-state index contributed by atoms with van der Waals surface area (Å²) in [7, 11) is -9.45. The molecule has 0 fully saturated rings. The smallest absolute Gasteiger partial charge is 0.297 e. The Morgan fingerprint density at radius 1 is 0.947 bits per heavy atom. The number of hydrogen-bond donors (Lipinski definition) is 3. The lowest BCUT2D eigenvalue weighted by Crippen LogP contribution is -2.10. The third kappa shape index (κ3) is 2.40. The Bertz CT molecular complexity index is 870. The minimum absolute atomic E-state index is 0.0647. The lowest BCUT2D eigenvalue weighted by Gasteiger charge is -2.10. The van der Waals surface area contributed by atoms with Gasteiger partial charge < -0.3 is 5.73 Å². The highest BCUT2D eigenvalue weighted by atomic mass is 32.2. The number of nitrogens with two attached hydrogens (primary N) is 1. The Balaban J connectivity index is 3.12. The standard InChI is InChI=1S/C10H9NO6S2/c11-9-8(18(12,13)14)5-6-3-1-2-4-7(6)10(9)19(15,16)17/h1-5H,11H2,(H,12,13,14)(H,15,16,17). The number of benzene rings is 2. The molecule has 0 aliphatic heterocycles. The molecular weight excluding hydrogens is 294 g/mol. The van der Waals surface area contributed by atoms with Gasteiger partial charge in [0.05, 0.1) is 5.69 Å². The second-order valence-electron chi connectivity index (χ2n) is 3.79. The number of anilines is 1. The number of hydrogen-bond acceptors (Lipinski definition) is 5. The van der Waals surface area contributed by atoms with Crippen LogP contribution in [-0.4, -0.2) is 25.9 Å². The molecule has 2 aromatic carbocycles. The molecule has 0 aromatic heterocycles. The SMILES string of the molecule is Nc1c(S(=O)(=O)O)cc2ccccc2c1S(=O)(=O)O. The normalized spacial score (nSPS) is 12.7. The largest absolute Gasteiger partial charge is 0.396 e. The zero-order valence-corrected chi connectivity index (χ0v) is 10.9. The van der Waals surface area contributed by atoms with Crippen molar-refractivity contribution >= 4 is 36.7 Å². The molecule has 9 heteroatoms. The van der Waals surface area contributed by atoms with Crippen molar-refractivity contribution in [2.45, 2.75) is 9.79 Å². The Kier molecular flexibility index (Phi) is 3.01. The van der Waals surface area contributed by atoms with Gasteiger partial charge in [-0.05, 0) is 11.5 Å². The second-order valence-corrected chi connectivity index (χ2v) is 6.54. The molecule has 0 saturated heterocycles. The van der Waals surface area contributed by atoms with E-state index in [-0.39, 0.29) is 10.8 Å². The van der Waals surface area contributed by atoms with Crippen LogP contribution in [0.3, 0.4) is 0 Å². The molecular formula is C10H9NO6S2. The summed E-state index contributed by atoms with van der Waals surface area (Å²) in [5, 5.41) is 0.270. The highest BCUT2D eigenvalue weighted by Gasteiger charge is 2.25. The minimum Gasteiger partial charge on any atom is -0.396 e. The number of nitrogen functional groups attached to an aromatic ring is 1. The van der Waals surface area contributed by atoms with Gasteiger partial charge in [-0.2, -0.15) is 16.8 Å². The molecule has 0 heterocycles. The van der Waals surface area contributed by atoms with Gasteiger partial charge in [-0.25, -0.2) is 0 Å². The lowest BCUT2D eigenvalue weighted by molar-refractivity contribution is 0.483. The van der Waals surface area contributed by atoms with E-state index in [1.807, 2.05) is 0 Å². The Hall–Kier alpha value is -1.68. The summed E-state index contributed by atoms with van der Waals surface area (Å²) in [5.74, 6) is 0. The lowest BCUT2D eigenvalue weighted by atomic mass is 10.1. The fourth-order valence-electron chi connectivity index (χ4n) is 1.80. The van der Waals surface area contributed by atoms with E-state index in [1.54, 1.807) is 6.07 Å².